The van der Waals surface area contributed by atoms with E-state index in [1.165, 1.54) is 0 Å². The van der Waals surface area contributed by atoms with Crippen molar-refractivity contribution in [2.75, 3.05) is 65.6 Å². The fourth-order valence-electron chi connectivity index (χ4n) is 6.50. The van der Waals surface area contributed by atoms with Crippen molar-refractivity contribution in [3.8, 4) is 0 Å². The van der Waals surface area contributed by atoms with Crippen LogP contribution < -0.4 is 0 Å². The maximum Gasteiger partial charge on any atom is 0.247 e. The van der Waals surface area contributed by atoms with Crippen LogP contribution in [-0.4, -0.2) is 130 Å². The predicted octanol–water partition coefficient (Wildman–Crippen LogP) is 0.204. The number of hydrogen-bond donors (Lipinski definition) is 1. The van der Waals surface area contributed by atoms with Crippen molar-refractivity contribution in [2.24, 2.45) is 11.8 Å². The molecular formula is C26H38N4O5S. The van der Waals surface area contributed by atoms with Crippen LogP contribution in [0.25, 0.3) is 0 Å². The third kappa shape index (κ3) is 4.19. The lowest BCUT2D eigenvalue weighted by molar-refractivity contribution is -0.146. The average Bonchev–Trinajstić information content (AvgIpc) is 3.22. The van der Waals surface area contributed by atoms with E-state index in [0.29, 0.717) is 39.4 Å². The van der Waals surface area contributed by atoms with E-state index in [1.807, 2.05) is 35.0 Å². The van der Waals surface area contributed by atoms with Gasteiger partial charge in [0.15, 0.2) is 0 Å². The molecule has 0 aromatic heterocycles. The second-order valence-corrected chi connectivity index (χ2v) is 12.0. The SMILES string of the molecule is CCCN1CC=C[C@@H]2S[C@]34C=CCN(CCN5CCOCC5)C(=O)C3N([C@H](C)CO)C(=O)[C@@H]4[C@@H]2C1=O. The van der Waals surface area contributed by atoms with Crippen molar-refractivity contribution >= 4 is 29.5 Å². The van der Waals surface area contributed by atoms with Gasteiger partial charge in [0.25, 0.3) is 0 Å². The van der Waals surface area contributed by atoms with Gasteiger partial charge in [-0.25, -0.2) is 0 Å². The second-order valence-electron chi connectivity index (χ2n) is 10.5. The molecule has 1 unspecified atom stereocenters. The minimum atomic E-state index is -0.824. The molecule has 0 aliphatic carbocycles. The molecule has 0 bridgehead atoms. The smallest absolute Gasteiger partial charge is 0.247 e. The highest BCUT2D eigenvalue weighted by Crippen LogP contribution is 2.61. The molecule has 0 aromatic rings. The number of fused-ring (bicyclic) bond motifs is 2. The normalized spacial score (nSPS) is 35.5. The summed E-state index contributed by atoms with van der Waals surface area (Å²) in [5, 5.41) is 9.90. The lowest BCUT2D eigenvalue weighted by atomic mass is 9.78. The van der Waals surface area contributed by atoms with Gasteiger partial charge in [-0.2, -0.15) is 0 Å². The van der Waals surface area contributed by atoms with Crippen LogP contribution >= 0.6 is 11.8 Å². The Morgan fingerprint density at radius 1 is 1.06 bits per heavy atom. The average molecular weight is 519 g/mol. The fraction of sp³-hybridized carbons (Fsp3) is 0.731. The number of morpholine rings is 1. The highest BCUT2D eigenvalue weighted by molar-refractivity contribution is 8.02. The van der Waals surface area contributed by atoms with Crippen LogP contribution in [-0.2, 0) is 19.1 Å². The maximum atomic E-state index is 14.2. The van der Waals surface area contributed by atoms with Gasteiger partial charge in [-0.3, -0.25) is 19.3 Å². The van der Waals surface area contributed by atoms with Crippen LogP contribution in [0.4, 0.5) is 0 Å². The molecule has 3 amide bonds. The van der Waals surface area contributed by atoms with E-state index in [0.717, 1.165) is 26.1 Å². The molecule has 5 aliphatic rings. The molecule has 3 fully saturated rings. The number of thioether (sulfide) groups is 1. The van der Waals surface area contributed by atoms with Gasteiger partial charge in [0.1, 0.15) is 6.04 Å². The Morgan fingerprint density at radius 3 is 2.50 bits per heavy atom. The number of amides is 3. The monoisotopic (exact) mass is 518 g/mol. The molecule has 3 saturated heterocycles. The Morgan fingerprint density at radius 2 is 1.78 bits per heavy atom. The van der Waals surface area contributed by atoms with Gasteiger partial charge < -0.3 is 24.5 Å². The van der Waals surface area contributed by atoms with Crippen molar-refractivity contribution in [1.82, 2.24) is 19.6 Å². The largest absolute Gasteiger partial charge is 0.394 e. The molecule has 6 atom stereocenters. The first-order valence-electron chi connectivity index (χ1n) is 13.3. The van der Waals surface area contributed by atoms with Crippen LogP contribution in [0.3, 0.4) is 0 Å². The zero-order valence-electron chi connectivity index (χ0n) is 21.3. The quantitative estimate of drug-likeness (QED) is 0.482. The van der Waals surface area contributed by atoms with E-state index in [9.17, 15) is 19.5 Å². The first-order chi connectivity index (χ1) is 17.4. The summed E-state index contributed by atoms with van der Waals surface area (Å²) in [6, 6.07) is -1.25. The molecule has 10 heteroatoms. The summed E-state index contributed by atoms with van der Waals surface area (Å²) in [7, 11) is 0. The molecule has 1 spiro atoms. The van der Waals surface area contributed by atoms with Gasteiger partial charge in [-0.15, -0.1) is 11.8 Å². The van der Waals surface area contributed by atoms with E-state index in [4.69, 9.17) is 4.74 Å². The standard InChI is InChI=1S/C26H38N4O5S/c1-3-8-28-9-4-6-19-20(23(28)32)21-24(33)30(18(2)17-31)22-25(34)29(10-5-7-26(21,22)36-19)12-11-27-13-15-35-16-14-27/h4-7,18-22,31H,3,8-17H2,1-2H3/t18-,19+,20-,21+,22?,26+/m1/s1. The van der Waals surface area contributed by atoms with E-state index in [-0.39, 0.29) is 29.6 Å². The molecular weight excluding hydrogens is 480 g/mol. The maximum absolute atomic E-state index is 14.2. The molecule has 1 N–H and O–H groups in total. The van der Waals surface area contributed by atoms with Gasteiger partial charge in [0.2, 0.25) is 17.7 Å². The summed E-state index contributed by atoms with van der Waals surface area (Å²) in [5.74, 6) is -1.41. The fourth-order valence-corrected chi connectivity index (χ4v) is 8.49. The molecule has 0 aromatic carbocycles. The van der Waals surface area contributed by atoms with Crippen LogP contribution in [0.5, 0.6) is 0 Å². The highest BCUT2D eigenvalue weighted by atomic mass is 32.2. The van der Waals surface area contributed by atoms with Crippen molar-refractivity contribution < 1.29 is 24.2 Å². The van der Waals surface area contributed by atoms with Gasteiger partial charge in [0.05, 0.1) is 42.4 Å². The predicted molar refractivity (Wildman–Crippen MR) is 137 cm³/mol. The van der Waals surface area contributed by atoms with Crippen molar-refractivity contribution in [3.05, 3.63) is 24.3 Å². The van der Waals surface area contributed by atoms with Crippen molar-refractivity contribution in [3.63, 3.8) is 0 Å². The number of hydrogen-bond acceptors (Lipinski definition) is 7. The van der Waals surface area contributed by atoms with E-state index >= 15 is 0 Å². The number of aliphatic hydroxyl groups excluding tert-OH is 1. The zero-order valence-corrected chi connectivity index (χ0v) is 22.1. The molecule has 0 saturated carbocycles. The third-order valence-electron chi connectivity index (χ3n) is 8.29. The summed E-state index contributed by atoms with van der Waals surface area (Å²) < 4.78 is 4.62. The number of likely N-dealkylation sites (tertiary alicyclic amines) is 1. The topological polar surface area (TPSA) is 93.6 Å². The first kappa shape index (κ1) is 25.8. The Kier molecular flexibility index (Phi) is 7.49. The Balaban J connectivity index is 1.48. The number of aliphatic hydroxyl groups is 1. The van der Waals surface area contributed by atoms with E-state index in [2.05, 4.69) is 11.0 Å². The van der Waals surface area contributed by atoms with Crippen molar-refractivity contribution in [1.29, 1.82) is 0 Å². The molecule has 198 valence electrons. The number of rotatable bonds is 7. The number of carbonyl (C=O) groups is 3. The Bertz CT molecular complexity index is 937. The third-order valence-corrected chi connectivity index (χ3v) is 10.0. The summed E-state index contributed by atoms with van der Waals surface area (Å²) in [4.78, 5) is 49.6. The van der Waals surface area contributed by atoms with Gasteiger partial charge in [0, 0.05) is 51.1 Å². The molecule has 5 rings (SSSR count). The summed E-state index contributed by atoms with van der Waals surface area (Å²) in [6.07, 6.45) is 9.01. The lowest BCUT2D eigenvalue weighted by Gasteiger charge is -2.38. The van der Waals surface area contributed by atoms with E-state index < -0.39 is 28.7 Å². The zero-order chi connectivity index (χ0) is 25.4. The highest BCUT2D eigenvalue weighted by Gasteiger charge is 2.71. The molecule has 9 nitrogen and oxygen atoms in total. The number of nitrogens with zero attached hydrogens (tertiary/aromatic N) is 4. The Labute approximate surface area is 217 Å². The Hall–Kier alpha value is -1.88. The van der Waals surface area contributed by atoms with Gasteiger partial charge >= 0.3 is 0 Å². The summed E-state index contributed by atoms with van der Waals surface area (Å²) >= 11 is 1.59. The minimum absolute atomic E-state index is 0.00101. The summed E-state index contributed by atoms with van der Waals surface area (Å²) in [5.41, 5.74) is 0. The second kappa shape index (κ2) is 10.5. The van der Waals surface area contributed by atoms with Crippen LogP contribution in [0.1, 0.15) is 20.3 Å². The molecule has 5 aliphatic heterocycles. The van der Waals surface area contributed by atoms with Gasteiger partial charge in [-0.1, -0.05) is 31.2 Å². The van der Waals surface area contributed by atoms with Crippen LogP contribution in [0.15, 0.2) is 24.3 Å². The minimum Gasteiger partial charge on any atom is -0.394 e. The molecule has 5 heterocycles. The van der Waals surface area contributed by atoms with Crippen LogP contribution in [0, 0.1) is 11.8 Å². The van der Waals surface area contributed by atoms with E-state index in [1.54, 1.807) is 23.6 Å². The van der Waals surface area contributed by atoms with Crippen LogP contribution in [0.2, 0.25) is 0 Å². The summed E-state index contributed by atoms with van der Waals surface area (Å²) in [6.45, 7) is 9.70. The lowest BCUT2D eigenvalue weighted by Crippen LogP contribution is -2.56. The number of carbonyl (C=O) groups excluding carboxylic acids is 3. The van der Waals surface area contributed by atoms with Gasteiger partial charge in [-0.05, 0) is 13.3 Å². The molecule has 0 radical (unpaired) electrons. The first-order valence-corrected chi connectivity index (χ1v) is 14.1. The molecule has 36 heavy (non-hydrogen) atoms. The number of ether oxygens (including phenoxy) is 1. The van der Waals surface area contributed by atoms with Crippen molar-refractivity contribution in [2.45, 2.75) is 42.3 Å².